The lowest BCUT2D eigenvalue weighted by Gasteiger charge is -2.17. The van der Waals surface area contributed by atoms with Gasteiger partial charge in [0.15, 0.2) is 6.10 Å². The zero-order valence-electron chi connectivity index (χ0n) is 19.1. The zero-order chi connectivity index (χ0) is 24.9. The second kappa shape index (κ2) is 10.4. The number of ether oxygens (including phenoxy) is 1. The number of para-hydroxylation sites is 1. The summed E-state index contributed by atoms with van der Waals surface area (Å²) in [5.41, 5.74) is 3.24. The first-order valence-electron chi connectivity index (χ1n) is 11.4. The van der Waals surface area contributed by atoms with Crippen molar-refractivity contribution in [3.63, 3.8) is 0 Å². The SMILES string of the molecule is O=C(O[C@@H](C(=O)c1ccccc1)c1ccc(Cl)cc1)c1cn(-c2ccccc2)nc1-c1ccccc1. The minimum Gasteiger partial charge on any atom is -0.445 e. The molecule has 36 heavy (non-hydrogen) atoms. The van der Waals surface area contributed by atoms with Crippen LogP contribution in [0.25, 0.3) is 16.9 Å². The molecule has 0 spiro atoms. The zero-order valence-corrected chi connectivity index (χ0v) is 19.9. The highest BCUT2D eigenvalue weighted by atomic mass is 35.5. The van der Waals surface area contributed by atoms with Crippen LogP contribution in [0.5, 0.6) is 0 Å². The smallest absolute Gasteiger partial charge is 0.343 e. The Balaban J connectivity index is 1.55. The number of Topliss-reactive ketones (excluding diaryl/α,β-unsaturated/α-hetero) is 1. The summed E-state index contributed by atoms with van der Waals surface area (Å²) < 4.78 is 7.54. The molecule has 0 saturated carbocycles. The summed E-state index contributed by atoms with van der Waals surface area (Å²) in [7, 11) is 0. The van der Waals surface area contributed by atoms with Crippen molar-refractivity contribution in [3.8, 4) is 16.9 Å². The molecule has 5 rings (SSSR count). The molecule has 0 aliphatic carbocycles. The number of hydrogen-bond acceptors (Lipinski definition) is 4. The second-order valence-corrected chi connectivity index (χ2v) is 8.54. The number of benzene rings is 4. The van der Waals surface area contributed by atoms with Gasteiger partial charge in [-0.2, -0.15) is 5.10 Å². The van der Waals surface area contributed by atoms with Crippen LogP contribution >= 0.6 is 11.6 Å². The lowest BCUT2D eigenvalue weighted by Crippen LogP contribution is -2.20. The standard InChI is InChI=1S/C30H21ClN2O3/c31-24-18-16-23(17-19-24)29(28(34)22-12-6-2-7-13-22)36-30(35)26-20-33(25-14-8-3-9-15-25)32-27(26)21-10-4-1-5-11-21/h1-20,29H/t29-/m1/s1. The van der Waals surface area contributed by atoms with Crippen molar-refractivity contribution in [2.45, 2.75) is 6.10 Å². The van der Waals surface area contributed by atoms with Crippen molar-refractivity contribution >= 4 is 23.4 Å². The highest BCUT2D eigenvalue weighted by Gasteiger charge is 2.29. The first kappa shape index (κ1) is 23.3. The van der Waals surface area contributed by atoms with E-state index < -0.39 is 12.1 Å². The summed E-state index contributed by atoms with van der Waals surface area (Å²) in [4.78, 5) is 27.1. The third-order valence-corrected chi connectivity index (χ3v) is 5.95. The molecule has 0 aliphatic heterocycles. The Hall–Kier alpha value is -4.48. The highest BCUT2D eigenvalue weighted by molar-refractivity contribution is 6.30. The minimum atomic E-state index is -1.15. The topological polar surface area (TPSA) is 61.2 Å². The number of nitrogens with zero attached hydrogens (tertiary/aromatic N) is 2. The molecule has 0 bridgehead atoms. The number of carbonyl (C=O) groups is 2. The fourth-order valence-electron chi connectivity index (χ4n) is 3.88. The van der Waals surface area contributed by atoms with Crippen molar-refractivity contribution < 1.29 is 14.3 Å². The molecule has 0 fully saturated rings. The van der Waals surface area contributed by atoms with Crippen molar-refractivity contribution in [3.05, 3.63) is 143 Å². The number of carbonyl (C=O) groups excluding carboxylic acids is 2. The van der Waals surface area contributed by atoms with Gasteiger partial charge < -0.3 is 4.74 Å². The monoisotopic (exact) mass is 492 g/mol. The fourth-order valence-corrected chi connectivity index (χ4v) is 4.01. The summed E-state index contributed by atoms with van der Waals surface area (Å²) >= 11 is 6.06. The van der Waals surface area contributed by atoms with Gasteiger partial charge in [0.25, 0.3) is 0 Å². The van der Waals surface area contributed by atoms with Crippen LogP contribution in [0.4, 0.5) is 0 Å². The third-order valence-electron chi connectivity index (χ3n) is 5.70. The lowest BCUT2D eigenvalue weighted by molar-refractivity contribution is 0.0280. The largest absolute Gasteiger partial charge is 0.445 e. The Morgan fingerprint density at radius 2 is 1.33 bits per heavy atom. The van der Waals surface area contributed by atoms with Gasteiger partial charge in [0, 0.05) is 27.9 Å². The molecule has 4 aromatic carbocycles. The molecule has 0 saturated heterocycles. The Labute approximate surface area is 213 Å². The van der Waals surface area contributed by atoms with Gasteiger partial charge in [-0.05, 0) is 24.3 Å². The van der Waals surface area contributed by atoms with Gasteiger partial charge in [-0.15, -0.1) is 0 Å². The lowest BCUT2D eigenvalue weighted by atomic mass is 9.99. The Morgan fingerprint density at radius 3 is 1.97 bits per heavy atom. The molecule has 0 radical (unpaired) electrons. The van der Waals surface area contributed by atoms with Crippen LogP contribution < -0.4 is 0 Å². The summed E-state index contributed by atoms with van der Waals surface area (Å²) in [6, 6.07) is 34.3. The first-order valence-corrected chi connectivity index (χ1v) is 11.7. The van der Waals surface area contributed by atoms with E-state index in [1.807, 2.05) is 66.7 Å². The molecular weight excluding hydrogens is 472 g/mol. The maximum atomic E-state index is 13.6. The van der Waals surface area contributed by atoms with E-state index in [1.165, 1.54) is 0 Å². The van der Waals surface area contributed by atoms with E-state index in [9.17, 15) is 9.59 Å². The number of rotatable bonds is 7. The van der Waals surface area contributed by atoms with Gasteiger partial charge in [0.1, 0.15) is 11.3 Å². The number of esters is 1. The molecule has 6 heteroatoms. The number of aromatic nitrogens is 2. The summed E-state index contributed by atoms with van der Waals surface area (Å²) in [5.74, 6) is -0.983. The molecule has 1 heterocycles. The van der Waals surface area contributed by atoms with E-state index >= 15 is 0 Å². The van der Waals surface area contributed by atoms with Crippen molar-refractivity contribution in [1.29, 1.82) is 0 Å². The first-order chi connectivity index (χ1) is 17.6. The van der Waals surface area contributed by atoms with Crippen LogP contribution in [0.1, 0.15) is 32.4 Å². The number of hydrogen-bond donors (Lipinski definition) is 0. The van der Waals surface area contributed by atoms with Crippen LogP contribution in [0.2, 0.25) is 5.02 Å². The quantitative estimate of drug-likeness (QED) is 0.182. The maximum Gasteiger partial charge on any atom is 0.343 e. The molecule has 0 unspecified atom stereocenters. The van der Waals surface area contributed by atoms with Crippen LogP contribution in [0.3, 0.4) is 0 Å². The maximum absolute atomic E-state index is 13.6. The highest BCUT2D eigenvalue weighted by Crippen LogP contribution is 2.29. The van der Waals surface area contributed by atoms with Crippen LogP contribution in [-0.4, -0.2) is 21.5 Å². The summed E-state index contributed by atoms with van der Waals surface area (Å²) in [6.07, 6.45) is 0.479. The molecule has 176 valence electrons. The molecule has 5 nitrogen and oxygen atoms in total. The van der Waals surface area contributed by atoms with E-state index in [2.05, 4.69) is 5.10 Å². The van der Waals surface area contributed by atoms with Crippen LogP contribution in [0.15, 0.2) is 121 Å². The van der Waals surface area contributed by atoms with E-state index in [4.69, 9.17) is 16.3 Å². The van der Waals surface area contributed by atoms with Gasteiger partial charge in [0.2, 0.25) is 5.78 Å². The van der Waals surface area contributed by atoms with Gasteiger partial charge in [-0.1, -0.05) is 103 Å². The molecular formula is C30H21ClN2O3. The predicted octanol–water partition coefficient (Wildman–Crippen LogP) is 6.97. The van der Waals surface area contributed by atoms with Gasteiger partial charge >= 0.3 is 5.97 Å². The van der Waals surface area contributed by atoms with Gasteiger partial charge in [-0.25, -0.2) is 9.48 Å². The van der Waals surface area contributed by atoms with E-state index in [1.54, 1.807) is 59.4 Å². The Morgan fingerprint density at radius 1 is 0.750 bits per heavy atom. The van der Waals surface area contributed by atoms with E-state index in [0.29, 0.717) is 21.8 Å². The molecule has 5 aromatic rings. The third kappa shape index (κ3) is 4.97. The van der Waals surface area contributed by atoms with Crippen LogP contribution in [-0.2, 0) is 4.74 Å². The molecule has 0 N–H and O–H groups in total. The minimum absolute atomic E-state index is 0.255. The average Bonchev–Trinajstić information content (AvgIpc) is 3.39. The Bertz CT molecular complexity index is 1480. The van der Waals surface area contributed by atoms with Crippen LogP contribution in [0, 0.1) is 0 Å². The average molecular weight is 493 g/mol. The normalized spacial score (nSPS) is 11.6. The number of ketones is 1. The predicted molar refractivity (Wildman–Crippen MR) is 139 cm³/mol. The Kier molecular flexibility index (Phi) is 6.74. The van der Waals surface area contributed by atoms with Gasteiger partial charge in [0.05, 0.1) is 5.69 Å². The second-order valence-electron chi connectivity index (χ2n) is 8.10. The van der Waals surface area contributed by atoms with E-state index in [0.717, 1.165) is 11.3 Å². The van der Waals surface area contributed by atoms with Gasteiger partial charge in [-0.3, -0.25) is 4.79 Å². The number of halogens is 1. The summed E-state index contributed by atoms with van der Waals surface area (Å²) in [5, 5.41) is 5.20. The van der Waals surface area contributed by atoms with Crippen molar-refractivity contribution in [2.24, 2.45) is 0 Å². The van der Waals surface area contributed by atoms with Crippen molar-refractivity contribution in [2.75, 3.05) is 0 Å². The molecule has 0 aliphatic rings. The molecule has 1 atom stereocenters. The van der Waals surface area contributed by atoms with Crippen molar-refractivity contribution in [1.82, 2.24) is 9.78 Å². The molecule has 0 amide bonds. The fraction of sp³-hybridized carbons (Fsp3) is 0.0333. The van der Waals surface area contributed by atoms with E-state index in [-0.39, 0.29) is 11.3 Å². The summed E-state index contributed by atoms with van der Waals surface area (Å²) in [6.45, 7) is 0. The molecule has 1 aromatic heterocycles.